The summed E-state index contributed by atoms with van der Waals surface area (Å²) in [6, 6.07) is 18.2. The quantitative estimate of drug-likeness (QED) is 0.311. The van der Waals surface area contributed by atoms with E-state index in [0.29, 0.717) is 0 Å². The van der Waals surface area contributed by atoms with Crippen molar-refractivity contribution >= 4 is 46.4 Å². The van der Waals surface area contributed by atoms with Gasteiger partial charge in [-0.15, -0.1) is 0 Å². The molecule has 2 aliphatic rings. The Morgan fingerprint density at radius 3 is 1.83 bits per heavy atom. The SMILES string of the molecule is C1=Cc2cc3cc(-c4ccco4)c(cc4nc(cc5ccc(cc1n2)[nH]5)C=C4)[nH]3.[Zn]. The molecular formula is C24H16N4OZn. The molecule has 30 heavy (non-hydrogen) atoms. The maximum absolute atomic E-state index is 5.65. The van der Waals surface area contributed by atoms with Crippen molar-refractivity contribution in [2.75, 3.05) is 0 Å². The number of furan rings is 1. The number of fused-ring (bicyclic) bond motifs is 8. The zero-order valence-corrected chi connectivity index (χ0v) is 19.1. The summed E-state index contributed by atoms with van der Waals surface area (Å²) < 4.78 is 5.65. The molecule has 6 heterocycles. The molecule has 0 aromatic carbocycles. The minimum Gasteiger partial charge on any atom is -0.464 e. The summed E-state index contributed by atoms with van der Waals surface area (Å²) in [5.41, 5.74) is 8.51. The van der Waals surface area contributed by atoms with Gasteiger partial charge in [0.1, 0.15) is 5.76 Å². The summed E-state index contributed by atoms with van der Waals surface area (Å²) in [5.74, 6) is 0.812. The number of nitrogens with zero attached hydrogens (tertiary/aromatic N) is 2. The van der Waals surface area contributed by atoms with Crippen molar-refractivity contribution < 1.29 is 23.9 Å². The molecule has 8 bridgehead atoms. The maximum Gasteiger partial charge on any atom is 0.136 e. The van der Waals surface area contributed by atoms with Crippen LogP contribution < -0.4 is 0 Å². The van der Waals surface area contributed by atoms with Crippen molar-refractivity contribution in [2.45, 2.75) is 0 Å². The molecule has 0 spiro atoms. The van der Waals surface area contributed by atoms with Gasteiger partial charge in [0.25, 0.3) is 0 Å². The molecular weight excluding hydrogens is 426 g/mol. The van der Waals surface area contributed by atoms with Crippen LogP contribution in [0.1, 0.15) is 22.8 Å². The van der Waals surface area contributed by atoms with Crippen molar-refractivity contribution in [1.82, 2.24) is 19.9 Å². The van der Waals surface area contributed by atoms with E-state index in [9.17, 15) is 0 Å². The van der Waals surface area contributed by atoms with Gasteiger partial charge < -0.3 is 14.4 Å². The van der Waals surface area contributed by atoms with Gasteiger partial charge in [0.05, 0.1) is 34.6 Å². The molecule has 6 heteroatoms. The average Bonchev–Trinajstić information content (AvgIpc) is 3.50. The number of aromatic amines is 2. The van der Waals surface area contributed by atoms with Gasteiger partial charge in [-0.1, -0.05) is 0 Å². The smallest absolute Gasteiger partial charge is 0.136 e. The molecule has 5 nitrogen and oxygen atoms in total. The Balaban J connectivity index is 0.00000193. The van der Waals surface area contributed by atoms with E-state index in [-0.39, 0.29) is 19.5 Å². The van der Waals surface area contributed by atoms with Crippen molar-refractivity contribution in [2.24, 2.45) is 0 Å². The van der Waals surface area contributed by atoms with E-state index in [4.69, 9.17) is 14.4 Å². The molecule has 0 saturated heterocycles. The number of hydrogen-bond acceptors (Lipinski definition) is 3. The van der Waals surface area contributed by atoms with Gasteiger partial charge in [0.15, 0.2) is 0 Å². The van der Waals surface area contributed by atoms with Crippen LogP contribution >= 0.6 is 0 Å². The van der Waals surface area contributed by atoms with Crippen LogP contribution in [0.2, 0.25) is 0 Å². The number of hydrogen-bond donors (Lipinski definition) is 2. The Labute approximate surface area is 185 Å². The first-order valence-electron chi connectivity index (χ1n) is 9.41. The van der Waals surface area contributed by atoms with E-state index < -0.39 is 0 Å². The number of nitrogens with one attached hydrogen (secondary N) is 2. The summed E-state index contributed by atoms with van der Waals surface area (Å²) in [7, 11) is 0. The maximum atomic E-state index is 5.65. The number of H-pyrrole nitrogens is 2. The van der Waals surface area contributed by atoms with E-state index in [1.54, 1.807) is 6.26 Å². The van der Waals surface area contributed by atoms with Gasteiger partial charge >= 0.3 is 0 Å². The van der Waals surface area contributed by atoms with E-state index in [0.717, 1.165) is 56.2 Å². The summed E-state index contributed by atoms with van der Waals surface area (Å²) in [6.45, 7) is 0. The first-order chi connectivity index (χ1) is 14.3. The van der Waals surface area contributed by atoms with Crippen LogP contribution in [0.15, 0.2) is 65.3 Å². The molecule has 4 aromatic heterocycles. The second-order valence-electron chi connectivity index (χ2n) is 7.07. The van der Waals surface area contributed by atoms with E-state index in [1.807, 2.05) is 72.8 Å². The minimum atomic E-state index is 0. The summed E-state index contributed by atoms with van der Waals surface area (Å²) in [6.07, 6.45) is 9.75. The molecule has 140 valence electrons. The fourth-order valence-corrected chi connectivity index (χ4v) is 3.65. The normalized spacial score (nSPS) is 12.1. The monoisotopic (exact) mass is 440 g/mol. The summed E-state index contributed by atoms with van der Waals surface area (Å²) in [5, 5.41) is 0. The standard InChI is InChI=1S/C24H16N4O.Zn/c1-2-24(29-9-1)22-13-21-12-19-6-5-17(26-19)10-15-3-4-16(25-15)11-18-7-8-20(27-18)14-23(22)28-21;/h1-14,25,28H;. The van der Waals surface area contributed by atoms with Crippen LogP contribution in [0.3, 0.4) is 0 Å². The summed E-state index contributed by atoms with van der Waals surface area (Å²) >= 11 is 0. The van der Waals surface area contributed by atoms with Crippen molar-refractivity contribution in [3.63, 3.8) is 0 Å². The Hall–Kier alpha value is -3.50. The predicted octanol–water partition coefficient (Wildman–Crippen LogP) is 5.91. The topological polar surface area (TPSA) is 70.5 Å². The average molecular weight is 442 g/mol. The van der Waals surface area contributed by atoms with Crippen molar-refractivity contribution in [3.8, 4) is 11.3 Å². The predicted molar refractivity (Wildman–Crippen MR) is 117 cm³/mol. The van der Waals surface area contributed by atoms with Crippen LogP contribution in [0.5, 0.6) is 0 Å². The Bertz CT molecular complexity index is 1460. The third-order valence-electron chi connectivity index (χ3n) is 4.96. The second-order valence-corrected chi connectivity index (χ2v) is 7.07. The largest absolute Gasteiger partial charge is 0.464 e. The molecule has 0 radical (unpaired) electrons. The number of rotatable bonds is 1. The fourth-order valence-electron chi connectivity index (χ4n) is 3.65. The van der Waals surface area contributed by atoms with Gasteiger partial charge in [0, 0.05) is 41.6 Å². The van der Waals surface area contributed by atoms with E-state index in [2.05, 4.69) is 16.0 Å². The first kappa shape index (κ1) is 18.5. The zero-order valence-electron chi connectivity index (χ0n) is 16.1. The molecule has 2 N–H and O–H groups in total. The molecule has 0 saturated carbocycles. The van der Waals surface area contributed by atoms with Gasteiger partial charge in [-0.05, 0) is 78.9 Å². The van der Waals surface area contributed by atoms with Gasteiger partial charge in [-0.3, -0.25) is 0 Å². The Kier molecular flexibility index (Phi) is 4.57. The molecule has 4 aromatic rings. The zero-order chi connectivity index (χ0) is 19.2. The van der Waals surface area contributed by atoms with Crippen LogP contribution in [0.25, 0.3) is 57.7 Å². The van der Waals surface area contributed by atoms with Crippen LogP contribution in [-0.4, -0.2) is 19.9 Å². The molecule has 0 fully saturated rings. The first-order valence-corrected chi connectivity index (χ1v) is 9.41. The Morgan fingerprint density at radius 1 is 0.633 bits per heavy atom. The molecule has 2 aliphatic heterocycles. The molecule has 0 aliphatic carbocycles. The van der Waals surface area contributed by atoms with Gasteiger partial charge in [0.2, 0.25) is 0 Å². The number of aromatic nitrogens is 4. The minimum absolute atomic E-state index is 0. The van der Waals surface area contributed by atoms with Crippen molar-refractivity contribution in [1.29, 1.82) is 0 Å². The van der Waals surface area contributed by atoms with Crippen LogP contribution in [0, 0.1) is 0 Å². The second kappa shape index (κ2) is 7.40. The molecule has 6 rings (SSSR count). The summed E-state index contributed by atoms with van der Waals surface area (Å²) in [4.78, 5) is 16.3. The molecule has 0 unspecified atom stereocenters. The Morgan fingerprint density at radius 2 is 1.23 bits per heavy atom. The fraction of sp³-hybridized carbons (Fsp3) is 0. The van der Waals surface area contributed by atoms with Crippen LogP contribution in [0.4, 0.5) is 0 Å². The van der Waals surface area contributed by atoms with Crippen molar-refractivity contribution in [3.05, 3.63) is 83.6 Å². The van der Waals surface area contributed by atoms with E-state index >= 15 is 0 Å². The third-order valence-corrected chi connectivity index (χ3v) is 4.96. The van der Waals surface area contributed by atoms with Gasteiger partial charge in [-0.25, -0.2) is 9.97 Å². The third kappa shape index (κ3) is 3.46. The molecule has 0 amide bonds. The van der Waals surface area contributed by atoms with Gasteiger partial charge in [-0.2, -0.15) is 0 Å². The van der Waals surface area contributed by atoms with E-state index in [1.165, 1.54) is 0 Å². The molecule has 0 atom stereocenters. The van der Waals surface area contributed by atoms with Crippen LogP contribution in [-0.2, 0) is 19.5 Å².